The molecule has 4 rings (SSSR count). The normalized spacial score (nSPS) is 11.9. The summed E-state index contributed by atoms with van der Waals surface area (Å²) in [6.07, 6.45) is 0.132. The maximum absolute atomic E-state index is 12.5. The number of hydrogen-bond donors (Lipinski definition) is 2. The Balaban J connectivity index is 1.38. The lowest BCUT2D eigenvalue weighted by Gasteiger charge is -2.18. The van der Waals surface area contributed by atoms with E-state index in [1.165, 1.54) is 6.92 Å². The van der Waals surface area contributed by atoms with Crippen LogP contribution in [0, 0.1) is 0 Å². The number of hydrogen-bond acceptors (Lipinski definition) is 5. The molecule has 2 heterocycles. The maximum Gasteiger partial charge on any atom is 0.222 e. The van der Waals surface area contributed by atoms with Crippen molar-refractivity contribution >= 4 is 49.3 Å². The smallest absolute Gasteiger partial charge is 0.222 e. The molecule has 0 saturated carbocycles. The highest BCUT2D eigenvalue weighted by Gasteiger charge is 2.18. The fourth-order valence-electron chi connectivity index (χ4n) is 3.20. The lowest BCUT2D eigenvalue weighted by Crippen LogP contribution is -2.32. The molecule has 0 radical (unpaired) electrons. The molecule has 6 nitrogen and oxygen atoms in total. The molecular formula is C23H20BrN3O3S. The average Bonchev–Trinajstić information content (AvgIpc) is 3.39. The minimum atomic E-state index is -0.402. The number of amides is 2. The van der Waals surface area contributed by atoms with E-state index in [0.29, 0.717) is 11.5 Å². The Labute approximate surface area is 191 Å². The first-order valence-corrected chi connectivity index (χ1v) is 11.3. The molecule has 4 aromatic rings. The first-order valence-electron chi connectivity index (χ1n) is 9.72. The molecule has 2 N–H and O–H groups in total. The zero-order valence-corrected chi connectivity index (χ0v) is 19.1. The third-order valence-electron chi connectivity index (χ3n) is 4.67. The third-order valence-corrected chi connectivity index (χ3v) is 6.25. The summed E-state index contributed by atoms with van der Waals surface area (Å²) in [5.74, 6) is 0.950. The number of furan rings is 1. The molecule has 1 unspecified atom stereocenters. The number of thiazole rings is 1. The summed E-state index contributed by atoms with van der Waals surface area (Å²) in [5.41, 5.74) is 1.80. The van der Waals surface area contributed by atoms with Gasteiger partial charge >= 0.3 is 0 Å². The van der Waals surface area contributed by atoms with Crippen LogP contribution in [0.3, 0.4) is 0 Å². The molecule has 8 heteroatoms. The number of nitrogens with zero attached hydrogens (tertiary/aromatic N) is 1. The molecular weight excluding hydrogens is 478 g/mol. The van der Waals surface area contributed by atoms with Crippen LogP contribution in [0.15, 0.2) is 69.6 Å². The van der Waals surface area contributed by atoms with Crippen molar-refractivity contribution < 1.29 is 14.0 Å². The minimum Gasteiger partial charge on any atom is -0.457 e. The van der Waals surface area contributed by atoms with E-state index >= 15 is 0 Å². The van der Waals surface area contributed by atoms with Gasteiger partial charge in [0.05, 0.1) is 29.2 Å². The van der Waals surface area contributed by atoms with E-state index in [1.54, 1.807) is 11.3 Å². The van der Waals surface area contributed by atoms with Crippen LogP contribution < -0.4 is 10.6 Å². The van der Waals surface area contributed by atoms with Gasteiger partial charge in [-0.15, -0.1) is 11.3 Å². The molecule has 158 valence electrons. The Morgan fingerprint density at radius 3 is 2.61 bits per heavy atom. The van der Waals surface area contributed by atoms with Crippen molar-refractivity contribution in [2.24, 2.45) is 0 Å². The number of aromatic nitrogens is 1. The van der Waals surface area contributed by atoms with Gasteiger partial charge in [0.1, 0.15) is 5.76 Å². The van der Waals surface area contributed by atoms with Gasteiger partial charge in [0.15, 0.2) is 10.8 Å². The number of carbonyl (C=O) groups excluding carboxylic acids is 2. The van der Waals surface area contributed by atoms with E-state index in [-0.39, 0.29) is 24.8 Å². The number of halogens is 1. The molecule has 2 aromatic heterocycles. The minimum absolute atomic E-state index is 0.132. The number of fused-ring (bicyclic) bond motifs is 1. The highest BCUT2D eigenvalue weighted by atomic mass is 79.9. The van der Waals surface area contributed by atoms with Crippen molar-refractivity contribution in [3.63, 3.8) is 0 Å². The summed E-state index contributed by atoms with van der Waals surface area (Å²) >= 11 is 4.96. The Morgan fingerprint density at radius 2 is 1.87 bits per heavy atom. The standard InChI is InChI=1S/C23H20BrN3O3S/c1-14(28)26-19(15-6-8-16(24)9-7-15)12-22(29)25-13-17-10-11-20(30-17)23-27-18-4-2-3-5-21(18)31-23/h2-11,19H,12-13H2,1H3,(H,25,29)(H,26,28). The van der Waals surface area contributed by atoms with Crippen molar-refractivity contribution in [3.8, 4) is 10.8 Å². The molecule has 2 aromatic carbocycles. The Hall–Kier alpha value is -2.97. The Kier molecular flexibility index (Phi) is 6.48. The zero-order chi connectivity index (χ0) is 21.8. The average molecular weight is 498 g/mol. The third kappa shape index (κ3) is 5.39. The molecule has 0 bridgehead atoms. The summed E-state index contributed by atoms with van der Waals surface area (Å²) in [7, 11) is 0. The molecule has 0 aliphatic heterocycles. The first kappa shape index (κ1) is 21.3. The number of rotatable bonds is 7. The summed E-state index contributed by atoms with van der Waals surface area (Å²) < 4.78 is 7.91. The molecule has 0 aliphatic carbocycles. The van der Waals surface area contributed by atoms with Crippen molar-refractivity contribution in [1.82, 2.24) is 15.6 Å². The number of para-hydroxylation sites is 1. The molecule has 0 saturated heterocycles. The highest BCUT2D eigenvalue weighted by molar-refractivity contribution is 9.10. The predicted molar refractivity (Wildman–Crippen MR) is 124 cm³/mol. The van der Waals surface area contributed by atoms with Gasteiger partial charge in [0.2, 0.25) is 11.8 Å². The van der Waals surface area contributed by atoms with Crippen LogP contribution in [0.25, 0.3) is 21.0 Å². The van der Waals surface area contributed by atoms with Gasteiger partial charge < -0.3 is 15.1 Å². The van der Waals surface area contributed by atoms with Gasteiger partial charge in [-0.05, 0) is 42.0 Å². The van der Waals surface area contributed by atoms with Crippen LogP contribution in [0.4, 0.5) is 0 Å². The molecule has 2 amide bonds. The lowest BCUT2D eigenvalue weighted by molar-refractivity contribution is -0.123. The second-order valence-electron chi connectivity index (χ2n) is 7.04. The van der Waals surface area contributed by atoms with E-state index in [4.69, 9.17) is 4.42 Å². The van der Waals surface area contributed by atoms with Crippen LogP contribution in [0.2, 0.25) is 0 Å². The summed E-state index contributed by atoms with van der Waals surface area (Å²) in [5, 5.41) is 6.51. The van der Waals surface area contributed by atoms with Crippen molar-refractivity contribution in [1.29, 1.82) is 0 Å². The van der Waals surface area contributed by atoms with Crippen molar-refractivity contribution in [2.75, 3.05) is 0 Å². The lowest BCUT2D eigenvalue weighted by atomic mass is 10.0. The number of nitrogens with one attached hydrogen (secondary N) is 2. The molecule has 31 heavy (non-hydrogen) atoms. The van der Waals surface area contributed by atoms with E-state index in [2.05, 4.69) is 31.5 Å². The first-order chi connectivity index (χ1) is 15.0. The zero-order valence-electron chi connectivity index (χ0n) is 16.7. The highest BCUT2D eigenvalue weighted by Crippen LogP contribution is 2.31. The number of benzene rings is 2. The topological polar surface area (TPSA) is 84.2 Å². The number of carbonyl (C=O) groups is 2. The van der Waals surface area contributed by atoms with Crippen molar-refractivity contribution in [3.05, 3.63) is 76.5 Å². The SMILES string of the molecule is CC(=O)NC(CC(=O)NCc1ccc(-c2nc3ccccc3s2)o1)c1ccc(Br)cc1. The second kappa shape index (κ2) is 9.45. The van der Waals surface area contributed by atoms with E-state index in [9.17, 15) is 9.59 Å². The van der Waals surface area contributed by atoms with Crippen LogP contribution in [0.1, 0.15) is 30.7 Å². The van der Waals surface area contributed by atoms with Gasteiger partial charge in [-0.25, -0.2) is 4.98 Å². The van der Waals surface area contributed by atoms with E-state index < -0.39 is 6.04 Å². The van der Waals surface area contributed by atoms with Gasteiger partial charge in [-0.2, -0.15) is 0 Å². The van der Waals surface area contributed by atoms with Crippen LogP contribution in [0.5, 0.6) is 0 Å². The van der Waals surface area contributed by atoms with Crippen LogP contribution in [-0.4, -0.2) is 16.8 Å². The molecule has 0 fully saturated rings. The van der Waals surface area contributed by atoms with Crippen molar-refractivity contribution in [2.45, 2.75) is 25.9 Å². The Bertz CT molecular complexity index is 1180. The van der Waals surface area contributed by atoms with Gasteiger partial charge in [-0.1, -0.05) is 40.2 Å². The Morgan fingerprint density at radius 1 is 1.10 bits per heavy atom. The molecule has 0 spiro atoms. The quantitative estimate of drug-likeness (QED) is 0.367. The second-order valence-corrected chi connectivity index (χ2v) is 8.98. The van der Waals surface area contributed by atoms with Gasteiger partial charge in [0.25, 0.3) is 0 Å². The summed E-state index contributed by atoms with van der Waals surface area (Å²) in [6.45, 7) is 1.70. The summed E-state index contributed by atoms with van der Waals surface area (Å²) in [4.78, 5) is 28.7. The predicted octanol–water partition coefficient (Wildman–Crippen LogP) is 5.20. The van der Waals surface area contributed by atoms with E-state index in [1.807, 2.05) is 60.7 Å². The van der Waals surface area contributed by atoms with Crippen LogP contribution in [-0.2, 0) is 16.1 Å². The van der Waals surface area contributed by atoms with Gasteiger partial charge in [0, 0.05) is 11.4 Å². The van der Waals surface area contributed by atoms with Crippen LogP contribution >= 0.6 is 27.3 Å². The monoisotopic (exact) mass is 497 g/mol. The maximum atomic E-state index is 12.5. The molecule has 0 aliphatic rings. The fraction of sp³-hybridized carbons (Fsp3) is 0.174. The fourth-order valence-corrected chi connectivity index (χ4v) is 4.39. The van der Waals surface area contributed by atoms with E-state index in [0.717, 1.165) is 25.3 Å². The largest absolute Gasteiger partial charge is 0.457 e. The molecule has 1 atom stereocenters. The summed E-state index contributed by atoms with van der Waals surface area (Å²) in [6, 6.07) is 18.8. The van der Waals surface area contributed by atoms with Gasteiger partial charge in [-0.3, -0.25) is 9.59 Å².